The monoisotopic (exact) mass is 636 g/mol. The van der Waals surface area contributed by atoms with E-state index in [1.54, 1.807) is 0 Å². The van der Waals surface area contributed by atoms with E-state index >= 15 is 0 Å². The number of aryl methyl sites for hydroxylation is 2. The second-order valence-corrected chi connectivity index (χ2v) is 15.2. The highest BCUT2D eigenvalue weighted by Crippen LogP contribution is 2.45. The number of nitrogens with zero attached hydrogens (tertiary/aromatic N) is 4. The van der Waals surface area contributed by atoms with E-state index in [0.29, 0.717) is 17.8 Å². The predicted octanol–water partition coefficient (Wildman–Crippen LogP) is 11.7. The quantitative estimate of drug-likeness (QED) is 0.171. The number of fused-ring (bicyclic) bond motifs is 3. The maximum atomic E-state index is 6.78. The first-order valence-electron chi connectivity index (χ1n) is 17.5. The van der Waals surface area contributed by atoms with Gasteiger partial charge < -0.3 is 4.74 Å². The number of rotatable bonds is 6. The van der Waals surface area contributed by atoms with E-state index in [2.05, 4.69) is 144 Å². The summed E-state index contributed by atoms with van der Waals surface area (Å²) >= 11 is 0. The summed E-state index contributed by atoms with van der Waals surface area (Å²) < 4.78 is 11.2. The molecule has 0 amide bonds. The minimum atomic E-state index is -0.106. The highest BCUT2D eigenvalue weighted by atomic mass is 16.5. The summed E-state index contributed by atoms with van der Waals surface area (Å²) in [5, 5.41) is 7.65. The summed E-state index contributed by atoms with van der Waals surface area (Å²) in [6.45, 7) is 20.4. The largest absolute Gasteiger partial charge is 0.457 e. The van der Waals surface area contributed by atoms with E-state index in [0.717, 1.165) is 46.2 Å². The molecule has 246 valence electrons. The molecule has 1 unspecified atom stereocenters. The van der Waals surface area contributed by atoms with Crippen LogP contribution < -0.4 is 4.74 Å². The minimum absolute atomic E-state index is 0.106. The maximum Gasteiger partial charge on any atom is 0.137 e. The molecule has 0 bridgehead atoms. The second kappa shape index (κ2) is 12.1. The topological polar surface area (TPSA) is 44.9 Å². The van der Waals surface area contributed by atoms with Crippen molar-refractivity contribution in [2.24, 2.45) is 5.92 Å². The highest BCUT2D eigenvalue weighted by molar-refractivity contribution is 6.09. The van der Waals surface area contributed by atoms with Crippen LogP contribution in [0.2, 0.25) is 0 Å². The van der Waals surface area contributed by atoms with E-state index < -0.39 is 0 Å². The van der Waals surface area contributed by atoms with Gasteiger partial charge in [0.15, 0.2) is 0 Å². The molecular weight excluding hydrogens is 589 g/mol. The number of allylic oxidation sites excluding steroid dienone is 2. The smallest absolute Gasteiger partial charge is 0.137 e. The molecule has 6 aromatic rings. The van der Waals surface area contributed by atoms with Gasteiger partial charge in [-0.2, -0.15) is 5.10 Å². The Labute approximate surface area is 285 Å². The third-order valence-corrected chi connectivity index (χ3v) is 10.1. The fourth-order valence-corrected chi connectivity index (χ4v) is 7.81. The summed E-state index contributed by atoms with van der Waals surface area (Å²) in [4.78, 5) is 4.76. The first kappa shape index (κ1) is 31.9. The lowest BCUT2D eigenvalue weighted by Gasteiger charge is -2.32. The summed E-state index contributed by atoms with van der Waals surface area (Å²) in [6.07, 6.45) is 6.68. The molecule has 0 radical (unpaired) electrons. The van der Waals surface area contributed by atoms with E-state index in [9.17, 15) is 0 Å². The van der Waals surface area contributed by atoms with Gasteiger partial charge in [-0.1, -0.05) is 71.4 Å². The number of pyridine rings is 1. The average molecular weight is 637 g/mol. The molecule has 3 aromatic heterocycles. The standard InChI is InChI=1S/C43H48N4O/c1-26(2)31-22-32(47-42(43(7,8)9)41(30(6)45-47)40-28(4)13-12-14-29(40)5)24-34(23-31)48-33-17-18-36-35-15-10-11-16-37(35)46(38(36)25-33)39-21-27(3)19-20-44-39/h10-11,13,15-26,29,40H,12,14H2,1-9H3/t29-,40?/m0/s1. The van der Waals surface area contributed by atoms with Crippen LogP contribution >= 0.6 is 0 Å². The number of hydrogen-bond acceptors (Lipinski definition) is 3. The van der Waals surface area contributed by atoms with Gasteiger partial charge in [0.1, 0.15) is 17.3 Å². The third kappa shape index (κ3) is 5.63. The molecule has 5 heteroatoms. The van der Waals surface area contributed by atoms with Gasteiger partial charge in [0, 0.05) is 46.0 Å². The Morgan fingerprint density at radius 1 is 0.854 bits per heavy atom. The Bertz CT molecular complexity index is 2190. The Morgan fingerprint density at radius 3 is 2.35 bits per heavy atom. The summed E-state index contributed by atoms with van der Waals surface area (Å²) in [6, 6.07) is 25.7. The van der Waals surface area contributed by atoms with Crippen LogP contribution in [0, 0.1) is 19.8 Å². The zero-order valence-corrected chi connectivity index (χ0v) is 29.9. The molecule has 3 heterocycles. The molecular formula is C43H48N4O. The lowest BCUT2D eigenvalue weighted by Crippen LogP contribution is -2.24. The molecule has 1 aliphatic carbocycles. The van der Waals surface area contributed by atoms with Crippen molar-refractivity contribution < 1.29 is 4.74 Å². The highest BCUT2D eigenvalue weighted by Gasteiger charge is 2.35. The third-order valence-electron chi connectivity index (χ3n) is 10.1. The van der Waals surface area contributed by atoms with Gasteiger partial charge in [-0.05, 0) is 99.0 Å². The summed E-state index contributed by atoms with van der Waals surface area (Å²) in [7, 11) is 0. The zero-order chi connectivity index (χ0) is 33.9. The molecule has 0 aliphatic heterocycles. The van der Waals surface area contributed by atoms with Crippen molar-refractivity contribution in [1.29, 1.82) is 0 Å². The van der Waals surface area contributed by atoms with Crippen molar-refractivity contribution in [1.82, 2.24) is 19.3 Å². The first-order chi connectivity index (χ1) is 22.9. The van der Waals surface area contributed by atoms with Gasteiger partial charge in [0.05, 0.1) is 28.1 Å². The Balaban J connectivity index is 1.37. The van der Waals surface area contributed by atoms with Crippen LogP contribution in [-0.2, 0) is 5.41 Å². The number of aromatic nitrogens is 4. The van der Waals surface area contributed by atoms with Gasteiger partial charge in [-0.3, -0.25) is 4.57 Å². The molecule has 7 rings (SSSR count). The fraction of sp³-hybridized carbons (Fsp3) is 0.349. The molecule has 0 N–H and O–H groups in total. The van der Waals surface area contributed by atoms with Crippen LogP contribution in [0.25, 0.3) is 33.3 Å². The van der Waals surface area contributed by atoms with Crippen molar-refractivity contribution in [3.05, 3.63) is 119 Å². The molecule has 1 aliphatic rings. The number of hydrogen-bond donors (Lipinski definition) is 0. The Kier molecular flexibility index (Phi) is 8.06. The normalized spacial score (nSPS) is 17.0. The van der Waals surface area contributed by atoms with E-state index in [4.69, 9.17) is 14.8 Å². The average Bonchev–Trinajstić information content (AvgIpc) is 3.55. The molecule has 0 saturated carbocycles. The van der Waals surface area contributed by atoms with E-state index in [1.807, 2.05) is 12.3 Å². The molecule has 2 atom stereocenters. The first-order valence-corrected chi connectivity index (χ1v) is 17.5. The van der Waals surface area contributed by atoms with Crippen LogP contribution in [0.3, 0.4) is 0 Å². The molecule has 5 nitrogen and oxygen atoms in total. The molecule has 0 fully saturated rings. The summed E-state index contributed by atoms with van der Waals surface area (Å²) in [5.74, 6) is 3.78. The van der Waals surface area contributed by atoms with Gasteiger partial charge in [-0.15, -0.1) is 0 Å². The van der Waals surface area contributed by atoms with Crippen molar-refractivity contribution in [3.8, 4) is 23.0 Å². The van der Waals surface area contributed by atoms with Gasteiger partial charge in [0.25, 0.3) is 0 Å². The van der Waals surface area contributed by atoms with Crippen LogP contribution in [0.4, 0.5) is 0 Å². The fourth-order valence-electron chi connectivity index (χ4n) is 7.81. The van der Waals surface area contributed by atoms with Gasteiger partial charge >= 0.3 is 0 Å². The predicted molar refractivity (Wildman–Crippen MR) is 199 cm³/mol. The van der Waals surface area contributed by atoms with Gasteiger partial charge in [-0.25, -0.2) is 9.67 Å². The minimum Gasteiger partial charge on any atom is -0.457 e. The Hall–Kier alpha value is -4.64. The number of benzene rings is 3. The van der Waals surface area contributed by atoms with Crippen molar-refractivity contribution >= 4 is 21.8 Å². The lowest BCUT2D eigenvalue weighted by molar-refractivity contribution is 0.437. The molecule has 0 spiro atoms. The van der Waals surface area contributed by atoms with Crippen LogP contribution in [0.5, 0.6) is 11.5 Å². The zero-order valence-electron chi connectivity index (χ0n) is 29.9. The van der Waals surface area contributed by atoms with Crippen molar-refractivity contribution in [2.45, 2.75) is 92.4 Å². The Morgan fingerprint density at radius 2 is 1.62 bits per heavy atom. The number of ether oxygens (including phenoxy) is 1. The van der Waals surface area contributed by atoms with Gasteiger partial charge in [0.2, 0.25) is 0 Å². The van der Waals surface area contributed by atoms with Crippen molar-refractivity contribution in [2.75, 3.05) is 0 Å². The SMILES string of the molecule is CC1=CCC[C@H](C)C1c1c(C)nn(-c2cc(Oc3ccc4c5ccccc5n(-c5cc(C)ccn5)c4c3)cc(C(C)C)c2)c1C(C)(C)C. The van der Waals surface area contributed by atoms with Crippen LogP contribution in [-0.4, -0.2) is 19.3 Å². The lowest BCUT2D eigenvalue weighted by atomic mass is 9.72. The van der Waals surface area contributed by atoms with E-state index in [-0.39, 0.29) is 5.41 Å². The molecule has 0 saturated heterocycles. The molecule has 48 heavy (non-hydrogen) atoms. The van der Waals surface area contributed by atoms with Crippen LogP contribution in [0.1, 0.15) is 101 Å². The molecule has 3 aromatic carbocycles. The van der Waals surface area contributed by atoms with E-state index in [1.165, 1.54) is 45.2 Å². The van der Waals surface area contributed by atoms with Crippen molar-refractivity contribution in [3.63, 3.8) is 0 Å². The maximum absolute atomic E-state index is 6.78. The van der Waals surface area contributed by atoms with Crippen LogP contribution in [0.15, 0.2) is 90.6 Å². The second-order valence-electron chi connectivity index (χ2n) is 15.2. The number of para-hydroxylation sites is 1. The summed E-state index contributed by atoms with van der Waals surface area (Å²) in [5.41, 5.74) is 10.8.